The molecule has 0 aliphatic carbocycles. The average molecular weight is 558 g/mol. The molecule has 0 atom stereocenters. The third-order valence-electron chi connectivity index (χ3n) is 8.56. The highest BCUT2D eigenvalue weighted by molar-refractivity contribution is 6.32. The van der Waals surface area contributed by atoms with Gasteiger partial charge in [-0.1, -0.05) is 127 Å². The normalized spacial score (nSPS) is 11.3. The summed E-state index contributed by atoms with van der Waals surface area (Å²) in [6, 6.07) is 60.6. The lowest BCUT2D eigenvalue weighted by atomic mass is 9.93. The fourth-order valence-corrected chi connectivity index (χ4v) is 6.33. The Labute approximate surface area is 259 Å². The van der Waals surface area contributed by atoms with E-state index in [9.17, 15) is 0 Å². The van der Waals surface area contributed by atoms with E-state index in [4.69, 9.17) is 7.85 Å². The SMILES string of the molecule is [B]c1ccc(N(c2ccc(-c3ccc4ccccc4c3)cc2)c2ccc(-c3cc4ccccc4c4ccccc34)cc2)cc1. The highest BCUT2D eigenvalue weighted by Crippen LogP contribution is 2.39. The number of anilines is 3. The van der Waals surface area contributed by atoms with Crippen LogP contribution in [0, 0.1) is 0 Å². The maximum absolute atomic E-state index is 6.08. The molecule has 0 aromatic heterocycles. The third kappa shape index (κ3) is 4.71. The first-order valence-corrected chi connectivity index (χ1v) is 15.0. The molecule has 204 valence electrons. The van der Waals surface area contributed by atoms with Gasteiger partial charge >= 0.3 is 0 Å². The molecule has 1 nitrogen and oxygen atoms in total. The van der Waals surface area contributed by atoms with Crippen LogP contribution in [0.2, 0.25) is 0 Å². The van der Waals surface area contributed by atoms with Crippen LogP contribution in [0.3, 0.4) is 0 Å². The fraction of sp³-hybridized carbons (Fsp3) is 0. The molecular formula is C42H28BN. The molecule has 2 radical (unpaired) electrons. The minimum absolute atomic E-state index is 0.749. The van der Waals surface area contributed by atoms with Crippen molar-refractivity contribution in [2.75, 3.05) is 4.90 Å². The van der Waals surface area contributed by atoms with Gasteiger partial charge in [-0.3, -0.25) is 0 Å². The predicted molar refractivity (Wildman–Crippen MR) is 190 cm³/mol. The van der Waals surface area contributed by atoms with Crippen molar-refractivity contribution in [2.45, 2.75) is 0 Å². The molecule has 0 amide bonds. The summed E-state index contributed by atoms with van der Waals surface area (Å²) in [6.07, 6.45) is 0. The van der Waals surface area contributed by atoms with Gasteiger partial charge in [-0.25, -0.2) is 0 Å². The van der Waals surface area contributed by atoms with E-state index in [-0.39, 0.29) is 0 Å². The summed E-state index contributed by atoms with van der Waals surface area (Å²) in [5, 5.41) is 7.57. The largest absolute Gasteiger partial charge is 0.311 e. The van der Waals surface area contributed by atoms with Gasteiger partial charge in [-0.05, 0) is 103 Å². The van der Waals surface area contributed by atoms with Gasteiger partial charge in [0.15, 0.2) is 0 Å². The topological polar surface area (TPSA) is 3.24 Å². The number of nitrogens with zero attached hydrogens (tertiary/aromatic N) is 1. The van der Waals surface area contributed by atoms with Gasteiger partial charge in [-0.2, -0.15) is 0 Å². The first-order chi connectivity index (χ1) is 21.7. The standard InChI is InChI=1S/C42H28BN/c43-35-19-25-38(26-20-35)44(36-21-15-30(16-22-36)33-14-13-29-7-1-2-8-32(29)27-33)37-23-17-31(18-24-37)42-28-34-9-3-4-10-39(34)40-11-5-6-12-41(40)42/h1-28H. The van der Waals surface area contributed by atoms with Crippen LogP contribution in [0.25, 0.3) is 54.6 Å². The van der Waals surface area contributed by atoms with Crippen LogP contribution in [0.15, 0.2) is 170 Å². The lowest BCUT2D eigenvalue weighted by molar-refractivity contribution is 1.29. The van der Waals surface area contributed by atoms with Gasteiger partial charge in [0.2, 0.25) is 0 Å². The van der Waals surface area contributed by atoms with E-state index < -0.39 is 0 Å². The van der Waals surface area contributed by atoms with Gasteiger partial charge in [0, 0.05) is 17.1 Å². The van der Waals surface area contributed by atoms with Crippen molar-refractivity contribution in [1.82, 2.24) is 0 Å². The quantitative estimate of drug-likeness (QED) is 0.150. The van der Waals surface area contributed by atoms with E-state index in [1.807, 2.05) is 12.1 Å². The predicted octanol–water partition coefficient (Wildman–Crippen LogP) is 10.7. The summed E-state index contributed by atoms with van der Waals surface area (Å²) < 4.78 is 0. The molecule has 8 aromatic rings. The van der Waals surface area contributed by atoms with Crippen molar-refractivity contribution in [1.29, 1.82) is 0 Å². The highest BCUT2D eigenvalue weighted by Gasteiger charge is 2.14. The zero-order valence-electron chi connectivity index (χ0n) is 24.2. The highest BCUT2D eigenvalue weighted by atomic mass is 15.1. The van der Waals surface area contributed by atoms with Crippen LogP contribution in [-0.2, 0) is 0 Å². The molecule has 2 heteroatoms. The Morgan fingerprint density at radius 2 is 0.841 bits per heavy atom. The molecule has 0 saturated heterocycles. The second kappa shape index (κ2) is 10.9. The van der Waals surface area contributed by atoms with Crippen LogP contribution in [-0.4, -0.2) is 7.85 Å². The Bertz CT molecular complexity index is 2270. The Hall–Kier alpha value is -5.60. The number of hydrogen-bond acceptors (Lipinski definition) is 1. The number of hydrogen-bond donors (Lipinski definition) is 0. The van der Waals surface area contributed by atoms with E-state index in [0.29, 0.717) is 0 Å². The zero-order valence-corrected chi connectivity index (χ0v) is 24.2. The molecule has 0 aliphatic heterocycles. The second-order valence-corrected chi connectivity index (χ2v) is 11.3. The zero-order chi connectivity index (χ0) is 29.5. The van der Waals surface area contributed by atoms with E-state index >= 15 is 0 Å². The second-order valence-electron chi connectivity index (χ2n) is 11.3. The van der Waals surface area contributed by atoms with Gasteiger partial charge in [0.05, 0.1) is 0 Å². The Morgan fingerprint density at radius 1 is 0.341 bits per heavy atom. The molecule has 0 N–H and O–H groups in total. The van der Waals surface area contributed by atoms with Crippen LogP contribution in [0.5, 0.6) is 0 Å². The summed E-state index contributed by atoms with van der Waals surface area (Å²) in [4.78, 5) is 2.28. The lowest BCUT2D eigenvalue weighted by Crippen LogP contribution is -2.11. The summed E-state index contributed by atoms with van der Waals surface area (Å²) in [6.45, 7) is 0. The molecule has 0 aliphatic rings. The fourth-order valence-electron chi connectivity index (χ4n) is 6.33. The molecule has 44 heavy (non-hydrogen) atoms. The molecule has 0 spiro atoms. The van der Waals surface area contributed by atoms with Gasteiger partial charge in [0.25, 0.3) is 0 Å². The number of benzene rings is 8. The number of rotatable bonds is 5. The van der Waals surface area contributed by atoms with Gasteiger partial charge < -0.3 is 4.90 Å². The molecule has 0 heterocycles. The van der Waals surface area contributed by atoms with Crippen molar-refractivity contribution >= 4 is 62.7 Å². The van der Waals surface area contributed by atoms with E-state index in [1.165, 1.54) is 54.6 Å². The minimum Gasteiger partial charge on any atom is -0.311 e. The maximum Gasteiger partial charge on any atom is 0.113 e. The molecule has 0 saturated carbocycles. The van der Waals surface area contributed by atoms with Crippen LogP contribution < -0.4 is 10.4 Å². The van der Waals surface area contributed by atoms with E-state index in [2.05, 4.69) is 163 Å². The average Bonchev–Trinajstić information content (AvgIpc) is 3.09. The Morgan fingerprint density at radius 3 is 1.52 bits per heavy atom. The van der Waals surface area contributed by atoms with Crippen LogP contribution in [0.1, 0.15) is 0 Å². The minimum atomic E-state index is 0.749. The van der Waals surface area contributed by atoms with Gasteiger partial charge in [0.1, 0.15) is 7.85 Å². The Kier molecular flexibility index (Phi) is 6.46. The summed E-state index contributed by atoms with van der Waals surface area (Å²) >= 11 is 0. The third-order valence-corrected chi connectivity index (χ3v) is 8.56. The van der Waals surface area contributed by atoms with Crippen molar-refractivity contribution < 1.29 is 0 Å². The van der Waals surface area contributed by atoms with Crippen molar-refractivity contribution in [3.63, 3.8) is 0 Å². The summed E-state index contributed by atoms with van der Waals surface area (Å²) in [5.74, 6) is 0. The van der Waals surface area contributed by atoms with Crippen LogP contribution >= 0.6 is 0 Å². The van der Waals surface area contributed by atoms with E-state index in [1.54, 1.807) is 0 Å². The molecule has 8 aromatic carbocycles. The monoisotopic (exact) mass is 557 g/mol. The van der Waals surface area contributed by atoms with Gasteiger partial charge in [-0.15, -0.1) is 0 Å². The molecule has 8 rings (SSSR count). The lowest BCUT2D eigenvalue weighted by Gasteiger charge is -2.26. The Balaban J connectivity index is 1.19. The van der Waals surface area contributed by atoms with Crippen molar-refractivity contribution in [3.05, 3.63) is 170 Å². The maximum atomic E-state index is 6.08. The van der Waals surface area contributed by atoms with E-state index in [0.717, 1.165) is 22.5 Å². The van der Waals surface area contributed by atoms with Crippen LogP contribution in [0.4, 0.5) is 17.1 Å². The molecule has 0 fully saturated rings. The summed E-state index contributed by atoms with van der Waals surface area (Å²) in [7, 11) is 6.08. The number of fused-ring (bicyclic) bond motifs is 4. The molecule has 0 unspecified atom stereocenters. The summed E-state index contributed by atoms with van der Waals surface area (Å²) in [5.41, 5.74) is 8.81. The smallest absolute Gasteiger partial charge is 0.113 e. The first-order valence-electron chi connectivity index (χ1n) is 15.0. The molecular weight excluding hydrogens is 529 g/mol. The van der Waals surface area contributed by atoms with Crippen molar-refractivity contribution in [2.24, 2.45) is 0 Å². The first kappa shape index (κ1) is 26.1. The molecule has 0 bridgehead atoms. The van der Waals surface area contributed by atoms with Crippen molar-refractivity contribution in [3.8, 4) is 22.3 Å².